The topological polar surface area (TPSA) is 252 Å². The molecule has 4 amide bonds. The number of nitrogens with zero attached hydrogens (tertiary/aromatic N) is 2. The first-order chi connectivity index (χ1) is 14.1. The standard InChI is InChI=1S/C12H12N6O10S2/c13-9(14)25-27-29-17(11(21)22)7(19)5-3-1-2-4-6(5)8(20)18(12(23)24)30-28-26-10(15)16/h1-4H,(H3,13,14)(H3,15,16)(H,21,22)(H,23,24). The Hall–Kier alpha value is -3.74. The van der Waals surface area contributed by atoms with Gasteiger partial charge in [0.25, 0.3) is 11.8 Å². The molecule has 1 aromatic rings. The second-order valence-corrected chi connectivity index (χ2v) is 5.79. The fourth-order valence-electron chi connectivity index (χ4n) is 1.54. The van der Waals surface area contributed by atoms with Crippen molar-refractivity contribution in [3.63, 3.8) is 0 Å². The molecule has 18 heteroatoms. The largest absolute Gasteiger partial charge is 0.464 e. The number of hydrogen-bond donors (Lipinski definition) is 6. The first-order valence-electron chi connectivity index (χ1n) is 7.00. The minimum atomic E-state index is -1.85. The number of amides is 4. The van der Waals surface area contributed by atoms with Gasteiger partial charge in [-0.05, 0) is 12.1 Å². The van der Waals surface area contributed by atoms with E-state index in [1.165, 1.54) is 12.1 Å². The molecule has 0 aliphatic heterocycles. The second kappa shape index (κ2) is 11.3. The molecular weight excluding hydrogens is 452 g/mol. The third-order valence-electron chi connectivity index (χ3n) is 2.56. The summed E-state index contributed by atoms with van der Waals surface area (Å²) in [5.74, 6) is -2.64. The van der Waals surface area contributed by atoms with E-state index in [-0.39, 0.29) is 33.1 Å². The van der Waals surface area contributed by atoms with Crippen LogP contribution in [-0.2, 0) is 18.4 Å². The molecule has 0 aliphatic carbocycles. The molecule has 1 aromatic carbocycles. The van der Waals surface area contributed by atoms with Gasteiger partial charge in [-0.2, -0.15) is 8.61 Å². The molecule has 0 heterocycles. The molecule has 0 bridgehead atoms. The van der Waals surface area contributed by atoms with Crippen LogP contribution in [-0.4, -0.2) is 54.9 Å². The molecule has 0 saturated carbocycles. The minimum absolute atomic E-state index is 0.0112. The van der Waals surface area contributed by atoms with Crippen molar-refractivity contribution in [3.05, 3.63) is 35.4 Å². The van der Waals surface area contributed by atoms with Crippen molar-refractivity contribution >= 4 is 60.5 Å². The normalized spacial score (nSPS) is 9.87. The van der Waals surface area contributed by atoms with Gasteiger partial charge >= 0.3 is 24.2 Å². The van der Waals surface area contributed by atoms with Crippen LogP contribution in [0, 0.1) is 10.8 Å². The van der Waals surface area contributed by atoms with Crippen LogP contribution >= 0.6 is 24.5 Å². The van der Waals surface area contributed by atoms with Crippen molar-refractivity contribution in [2.24, 2.45) is 11.5 Å². The molecule has 162 valence electrons. The number of benzene rings is 1. The van der Waals surface area contributed by atoms with Gasteiger partial charge in [0.2, 0.25) is 0 Å². The number of nitrogens with two attached hydrogens (primary N) is 2. The van der Waals surface area contributed by atoms with E-state index in [9.17, 15) is 19.2 Å². The van der Waals surface area contributed by atoms with Crippen molar-refractivity contribution in [2.45, 2.75) is 0 Å². The van der Waals surface area contributed by atoms with E-state index < -0.39 is 47.2 Å². The van der Waals surface area contributed by atoms with Crippen LogP contribution in [0.2, 0.25) is 0 Å². The van der Waals surface area contributed by atoms with Crippen LogP contribution in [0.5, 0.6) is 0 Å². The molecule has 0 aliphatic rings. The number of carbonyl (C=O) groups is 4. The number of rotatable bonds is 8. The van der Waals surface area contributed by atoms with Gasteiger partial charge in [-0.3, -0.25) is 19.4 Å². The molecule has 0 spiro atoms. The number of imide groups is 2. The molecular formula is C12H12N6O10S2. The number of nitrogens with one attached hydrogen (secondary N) is 2. The maximum Gasteiger partial charge on any atom is 0.426 e. The number of carbonyl (C=O) groups excluding carboxylic acids is 2. The molecule has 0 radical (unpaired) electrons. The number of hydrogen-bond acceptors (Lipinski definition) is 12. The summed E-state index contributed by atoms with van der Waals surface area (Å²) in [5.41, 5.74) is 8.62. The van der Waals surface area contributed by atoms with Gasteiger partial charge in [-0.25, -0.2) is 20.4 Å². The zero-order chi connectivity index (χ0) is 22.8. The van der Waals surface area contributed by atoms with Gasteiger partial charge < -0.3 is 21.7 Å². The van der Waals surface area contributed by atoms with E-state index >= 15 is 0 Å². The van der Waals surface area contributed by atoms with Gasteiger partial charge in [0.1, 0.15) is 0 Å². The summed E-state index contributed by atoms with van der Waals surface area (Å²) in [5, 5.41) is 31.9. The molecule has 0 atom stereocenters. The summed E-state index contributed by atoms with van der Waals surface area (Å²) in [4.78, 5) is 55.9. The monoisotopic (exact) mass is 464 g/mol. The fourth-order valence-corrected chi connectivity index (χ4v) is 2.33. The first-order valence-corrected chi connectivity index (χ1v) is 8.40. The van der Waals surface area contributed by atoms with Crippen molar-refractivity contribution in [1.82, 2.24) is 8.61 Å². The highest BCUT2D eigenvalue weighted by Gasteiger charge is 2.32. The molecule has 0 aromatic heterocycles. The van der Waals surface area contributed by atoms with E-state index in [0.29, 0.717) is 0 Å². The summed E-state index contributed by atoms with van der Waals surface area (Å²) < 4.78 is 8.48. The first kappa shape index (κ1) is 24.3. The molecule has 30 heavy (non-hydrogen) atoms. The summed E-state index contributed by atoms with van der Waals surface area (Å²) >= 11 is -0.349. The lowest BCUT2D eigenvalue weighted by Crippen LogP contribution is -2.34. The zero-order valence-electron chi connectivity index (χ0n) is 14.3. The second-order valence-electron chi connectivity index (χ2n) is 4.49. The van der Waals surface area contributed by atoms with E-state index in [1.807, 2.05) is 0 Å². The van der Waals surface area contributed by atoms with Crippen LogP contribution in [0.1, 0.15) is 20.7 Å². The highest BCUT2D eigenvalue weighted by molar-refractivity contribution is 7.93. The van der Waals surface area contributed by atoms with E-state index in [4.69, 9.17) is 32.5 Å². The van der Waals surface area contributed by atoms with Gasteiger partial charge in [0.15, 0.2) is 24.5 Å². The molecule has 1 rings (SSSR count). The molecule has 0 unspecified atom stereocenters. The van der Waals surface area contributed by atoms with E-state index in [0.717, 1.165) is 12.1 Å². The average molecular weight is 464 g/mol. The van der Waals surface area contributed by atoms with Gasteiger partial charge in [-0.1, -0.05) is 20.8 Å². The van der Waals surface area contributed by atoms with Gasteiger partial charge in [-0.15, -0.1) is 0 Å². The van der Waals surface area contributed by atoms with Crippen molar-refractivity contribution < 1.29 is 47.8 Å². The smallest absolute Gasteiger partial charge is 0.426 e. The lowest BCUT2D eigenvalue weighted by Gasteiger charge is -2.18. The van der Waals surface area contributed by atoms with Gasteiger partial charge in [0, 0.05) is 0 Å². The van der Waals surface area contributed by atoms with Crippen molar-refractivity contribution in [3.8, 4) is 0 Å². The van der Waals surface area contributed by atoms with Crippen molar-refractivity contribution in [1.29, 1.82) is 10.8 Å². The molecule has 16 nitrogen and oxygen atoms in total. The van der Waals surface area contributed by atoms with E-state index in [2.05, 4.69) is 18.4 Å². The maximum atomic E-state index is 12.6. The van der Waals surface area contributed by atoms with Gasteiger partial charge in [0.05, 0.1) is 11.1 Å². The van der Waals surface area contributed by atoms with Crippen LogP contribution < -0.4 is 11.5 Å². The van der Waals surface area contributed by atoms with Crippen LogP contribution in [0.3, 0.4) is 0 Å². The third kappa shape index (κ3) is 7.01. The zero-order valence-corrected chi connectivity index (χ0v) is 16.0. The fraction of sp³-hybridized carbons (Fsp3) is 0. The van der Waals surface area contributed by atoms with Crippen LogP contribution in [0.4, 0.5) is 9.59 Å². The Morgan fingerprint density at radius 2 is 1.13 bits per heavy atom. The summed E-state index contributed by atoms with van der Waals surface area (Å²) in [7, 11) is 0. The lowest BCUT2D eigenvalue weighted by atomic mass is 10.1. The summed E-state index contributed by atoms with van der Waals surface area (Å²) in [6.07, 6.45) is -3.69. The summed E-state index contributed by atoms with van der Waals surface area (Å²) in [6, 6.07) is 2.76. The average Bonchev–Trinajstić information content (AvgIpc) is 2.66. The number of amidine groups is 2. The summed E-state index contributed by atoms with van der Waals surface area (Å²) in [6.45, 7) is 0. The maximum absolute atomic E-state index is 12.6. The number of carboxylic acid groups (broad SMARTS) is 2. The Balaban J connectivity index is 3.15. The Morgan fingerprint density at radius 3 is 1.40 bits per heavy atom. The van der Waals surface area contributed by atoms with Crippen LogP contribution in [0.25, 0.3) is 0 Å². The van der Waals surface area contributed by atoms with Crippen LogP contribution in [0.15, 0.2) is 24.3 Å². The predicted octanol–water partition coefficient (Wildman–Crippen LogP) is 0.737. The minimum Gasteiger partial charge on any atom is -0.464 e. The van der Waals surface area contributed by atoms with Crippen molar-refractivity contribution in [2.75, 3.05) is 0 Å². The Labute approximate surface area is 175 Å². The SMILES string of the molecule is N=C(N)OOSN(C(=O)O)C(=O)c1ccccc1C(=O)N(SOOC(=N)N)C(=O)O. The molecule has 8 N–H and O–H groups in total. The molecule has 0 fully saturated rings. The lowest BCUT2D eigenvalue weighted by molar-refractivity contribution is -0.101. The highest BCUT2D eigenvalue weighted by atomic mass is 32.2. The Morgan fingerprint density at radius 1 is 0.800 bits per heavy atom. The molecule has 0 saturated heterocycles. The van der Waals surface area contributed by atoms with E-state index in [1.54, 1.807) is 0 Å². The third-order valence-corrected chi connectivity index (χ3v) is 3.76. The highest BCUT2D eigenvalue weighted by Crippen LogP contribution is 2.23. The Kier molecular flexibility index (Phi) is 9.16. The Bertz CT molecular complexity index is 799. The quantitative estimate of drug-likeness (QED) is 0.0774. The predicted molar refractivity (Wildman–Crippen MR) is 98.2 cm³/mol.